The van der Waals surface area contributed by atoms with Crippen molar-refractivity contribution < 1.29 is 35.5 Å². The maximum absolute atomic E-state index is 14.2. The zero-order valence-corrected chi connectivity index (χ0v) is 16.0. The normalized spacial score (nSPS) is 20.1. The minimum atomic E-state index is -5.30. The van der Waals surface area contributed by atoms with Crippen LogP contribution in [0.4, 0.5) is 30.7 Å². The van der Waals surface area contributed by atoms with Crippen molar-refractivity contribution >= 4 is 5.91 Å². The van der Waals surface area contributed by atoms with Gasteiger partial charge in [0.15, 0.2) is 0 Å². The van der Waals surface area contributed by atoms with Crippen molar-refractivity contribution in [3.63, 3.8) is 0 Å². The highest BCUT2D eigenvalue weighted by Gasteiger charge is 2.42. The lowest BCUT2D eigenvalue weighted by molar-refractivity contribution is -0.143. The third-order valence-electron chi connectivity index (χ3n) is 5.35. The van der Waals surface area contributed by atoms with Gasteiger partial charge < -0.3 is 5.32 Å². The van der Waals surface area contributed by atoms with Crippen LogP contribution in [0.5, 0.6) is 0 Å². The number of carbonyl (C=O) groups is 1. The largest absolute Gasteiger partial charge is 0.417 e. The fraction of sp³-hybridized carbons (Fsp3) is 0.650. The predicted octanol–water partition coefficient (Wildman–Crippen LogP) is 6.73. The van der Waals surface area contributed by atoms with E-state index in [1.807, 2.05) is 0 Å². The summed E-state index contributed by atoms with van der Waals surface area (Å²) in [5.74, 6) is -3.08. The summed E-state index contributed by atoms with van der Waals surface area (Å²) in [5.41, 5.74) is -5.09. The Bertz CT molecular complexity index is 712. The molecule has 9 heteroatoms. The molecule has 2 nitrogen and oxygen atoms in total. The molecule has 1 aromatic rings. The minimum absolute atomic E-state index is 0.0684. The van der Waals surface area contributed by atoms with E-state index in [0.29, 0.717) is 6.42 Å². The van der Waals surface area contributed by atoms with Crippen molar-refractivity contribution in [3.05, 3.63) is 34.6 Å². The first-order valence-electron chi connectivity index (χ1n) is 9.74. The molecule has 0 radical (unpaired) electrons. The van der Waals surface area contributed by atoms with E-state index in [-0.39, 0.29) is 18.1 Å². The van der Waals surface area contributed by atoms with Crippen LogP contribution in [0.1, 0.15) is 79.8 Å². The average Bonchev–Trinajstić information content (AvgIpc) is 3.03. The molecule has 1 amide bonds. The number of nitrogens with one attached hydrogen (secondary N) is 1. The standard InChI is InChI=1S/C20H24F7NO/c1-2-3-4-5-7-12-8-6-9-16(12)28-18(29)17-14(20(25,26)27)10-13(11-15(17)21)19(22,23)24/h10-12,16H,2-9H2,1H3,(H,28,29)/t12?,16-/m0/s1. The molecule has 1 fully saturated rings. The zero-order valence-electron chi connectivity index (χ0n) is 16.0. The van der Waals surface area contributed by atoms with Crippen molar-refractivity contribution in [1.82, 2.24) is 5.32 Å². The molecule has 0 saturated heterocycles. The maximum Gasteiger partial charge on any atom is 0.417 e. The molecular formula is C20H24F7NO. The lowest BCUT2D eigenvalue weighted by Gasteiger charge is -2.23. The van der Waals surface area contributed by atoms with Crippen molar-refractivity contribution in [2.45, 2.75) is 76.7 Å². The van der Waals surface area contributed by atoms with Crippen LogP contribution in [-0.2, 0) is 12.4 Å². The van der Waals surface area contributed by atoms with Gasteiger partial charge in [0.1, 0.15) is 5.82 Å². The van der Waals surface area contributed by atoms with Crippen LogP contribution in [0.15, 0.2) is 12.1 Å². The molecule has 0 aliphatic heterocycles. The Morgan fingerprint density at radius 3 is 2.31 bits per heavy atom. The molecule has 29 heavy (non-hydrogen) atoms. The van der Waals surface area contributed by atoms with Gasteiger partial charge in [-0.15, -0.1) is 0 Å². The first-order chi connectivity index (χ1) is 13.4. The second kappa shape index (κ2) is 9.34. The molecule has 1 N–H and O–H groups in total. The molecule has 0 spiro atoms. The second-order valence-electron chi connectivity index (χ2n) is 7.50. The Morgan fingerprint density at radius 1 is 1.03 bits per heavy atom. The molecule has 1 aromatic carbocycles. The number of halogens is 7. The molecule has 0 bridgehead atoms. The Balaban J connectivity index is 2.23. The SMILES string of the molecule is CCCCCCC1CCC[C@@H]1NC(=O)c1c(F)cc(C(F)(F)F)cc1C(F)(F)F. The van der Waals surface area contributed by atoms with Gasteiger partial charge in [-0.25, -0.2) is 4.39 Å². The first-order valence-corrected chi connectivity index (χ1v) is 9.74. The smallest absolute Gasteiger partial charge is 0.349 e. The van der Waals surface area contributed by atoms with Gasteiger partial charge in [0.2, 0.25) is 0 Å². The molecule has 2 atom stereocenters. The quantitative estimate of drug-likeness (QED) is 0.379. The van der Waals surface area contributed by atoms with Gasteiger partial charge in [-0.3, -0.25) is 4.79 Å². The zero-order chi connectivity index (χ0) is 21.8. The van der Waals surface area contributed by atoms with Crippen LogP contribution in [0.25, 0.3) is 0 Å². The number of hydrogen-bond donors (Lipinski definition) is 1. The number of rotatable bonds is 7. The van der Waals surface area contributed by atoms with E-state index < -0.39 is 46.8 Å². The van der Waals surface area contributed by atoms with E-state index in [9.17, 15) is 35.5 Å². The molecule has 1 aliphatic carbocycles. The lowest BCUT2D eigenvalue weighted by Crippen LogP contribution is -2.39. The fourth-order valence-electron chi connectivity index (χ4n) is 3.87. The number of alkyl halides is 6. The van der Waals surface area contributed by atoms with Crippen LogP contribution in [0.2, 0.25) is 0 Å². The molecule has 1 aliphatic rings. The molecule has 1 saturated carbocycles. The Labute approximate surface area is 164 Å². The number of carbonyl (C=O) groups excluding carboxylic acids is 1. The fourth-order valence-corrected chi connectivity index (χ4v) is 3.87. The highest BCUT2D eigenvalue weighted by Crippen LogP contribution is 2.39. The third kappa shape index (κ3) is 6.09. The van der Waals surface area contributed by atoms with E-state index >= 15 is 0 Å². The number of benzene rings is 1. The summed E-state index contributed by atoms with van der Waals surface area (Å²) < 4.78 is 92.4. The van der Waals surface area contributed by atoms with E-state index in [1.165, 1.54) is 0 Å². The third-order valence-corrected chi connectivity index (χ3v) is 5.35. The highest BCUT2D eigenvalue weighted by molar-refractivity contribution is 5.96. The van der Waals surface area contributed by atoms with Crippen LogP contribution in [-0.4, -0.2) is 11.9 Å². The van der Waals surface area contributed by atoms with Gasteiger partial charge in [-0.05, 0) is 37.3 Å². The highest BCUT2D eigenvalue weighted by atomic mass is 19.4. The van der Waals surface area contributed by atoms with Gasteiger partial charge in [-0.2, -0.15) is 26.3 Å². The lowest BCUT2D eigenvalue weighted by atomic mass is 9.95. The van der Waals surface area contributed by atoms with Gasteiger partial charge in [-0.1, -0.05) is 39.0 Å². The van der Waals surface area contributed by atoms with Gasteiger partial charge in [0, 0.05) is 6.04 Å². The van der Waals surface area contributed by atoms with Crippen LogP contribution >= 0.6 is 0 Å². The Hall–Kier alpha value is -1.80. The van der Waals surface area contributed by atoms with Gasteiger partial charge in [0.05, 0.1) is 16.7 Å². The summed E-state index contributed by atoms with van der Waals surface area (Å²) in [5, 5.41) is 2.44. The monoisotopic (exact) mass is 427 g/mol. The summed E-state index contributed by atoms with van der Waals surface area (Å²) >= 11 is 0. The summed E-state index contributed by atoms with van der Waals surface area (Å²) in [7, 11) is 0. The van der Waals surface area contributed by atoms with Crippen LogP contribution in [0, 0.1) is 11.7 Å². The number of hydrogen-bond acceptors (Lipinski definition) is 1. The Morgan fingerprint density at radius 2 is 1.72 bits per heavy atom. The summed E-state index contributed by atoms with van der Waals surface area (Å²) in [6, 6.07) is -0.692. The van der Waals surface area contributed by atoms with Crippen molar-refractivity contribution in [1.29, 1.82) is 0 Å². The van der Waals surface area contributed by atoms with E-state index in [2.05, 4.69) is 12.2 Å². The molecular weight excluding hydrogens is 403 g/mol. The Kier molecular flexibility index (Phi) is 7.56. The van der Waals surface area contributed by atoms with E-state index in [4.69, 9.17) is 0 Å². The van der Waals surface area contributed by atoms with E-state index in [1.54, 1.807) is 0 Å². The maximum atomic E-state index is 14.2. The van der Waals surface area contributed by atoms with E-state index in [0.717, 1.165) is 44.9 Å². The molecule has 164 valence electrons. The van der Waals surface area contributed by atoms with Crippen molar-refractivity contribution in [3.8, 4) is 0 Å². The first kappa shape index (κ1) is 23.5. The van der Waals surface area contributed by atoms with Crippen molar-refractivity contribution in [2.24, 2.45) is 5.92 Å². The molecule has 0 aromatic heterocycles. The summed E-state index contributed by atoms with van der Waals surface area (Å²) in [6.07, 6.45) is -3.47. The topological polar surface area (TPSA) is 29.1 Å². The number of amides is 1. The average molecular weight is 427 g/mol. The summed E-state index contributed by atoms with van der Waals surface area (Å²) in [6.45, 7) is 2.06. The second-order valence-corrected chi connectivity index (χ2v) is 7.50. The minimum Gasteiger partial charge on any atom is -0.349 e. The molecule has 2 rings (SSSR count). The summed E-state index contributed by atoms with van der Waals surface area (Å²) in [4.78, 5) is 12.4. The van der Waals surface area contributed by atoms with Crippen LogP contribution in [0.3, 0.4) is 0 Å². The van der Waals surface area contributed by atoms with Crippen molar-refractivity contribution in [2.75, 3.05) is 0 Å². The number of unbranched alkanes of at least 4 members (excludes halogenated alkanes) is 3. The van der Waals surface area contributed by atoms with Gasteiger partial charge in [0.25, 0.3) is 5.91 Å². The molecule has 1 unspecified atom stereocenters. The molecule has 0 heterocycles. The predicted molar refractivity (Wildman–Crippen MR) is 93.8 cm³/mol. The van der Waals surface area contributed by atoms with Gasteiger partial charge >= 0.3 is 12.4 Å². The van der Waals surface area contributed by atoms with Crippen LogP contribution < -0.4 is 5.32 Å².